The van der Waals surface area contributed by atoms with Crippen molar-refractivity contribution >= 4 is 23.7 Å². The third-order valence-corrected chi connectivity index (χ3v) is 9.27. The summed E-state index contributed by atoms with van der Waals surface area (Å²) in [5, 5.41) is 18.8. The predicted molar refractivity (Wildman–Crippen MR) is 165 cm³/mol. The normalized spacial score (nSPS) is 23.1. The molecule has 1 heterocycles. The second kappa shape index (κ2) is 12.7. The molecule has 3 aliphatic rings. The summed E-state index contributed by atoms with van der Waals surface area (Å²) in [5.41, 5.74) is 1.98. The molecule has 2 N–H and O–H groups in total. The van der Waals surface area contributed by atoms with E-state index in [4.69, 9.17) is 4.74 Å². The summed E-state index contributed by atoms with van der Waals surface area (Å²) in [5.74, 6) is -0.327. The van der Waals surface area contributed by atoms with Gasteiger partial charge in [-0.05, 0) is 66.2 Å². The summed E-state index contributed by atoms with van der Waals surface area (Å²) in [6.07, 6.45) is 9.27. The van der Waals surface area contributed by atoms with Crippen molar-refractivity contribution < 1.29 is 24.2 Å². The molecule has 5 rings (SSSR count). The van der Waals surface area contributed by atoms with Crippen LogP contribution in [0.1, 0.15) is 81.9 Å². The van der Waals surface area contributed by atoms with Gasteiger partial charge < -0.3 is 15.2 Å². The number of ether oxygens (including phenoxy) is 1. The lowest BCUT2D eigenvalue weighted by Crippen LogP contribution is -2.36. The highest BCUT2D eigenvalue weighted by atomic mass is 16.5. The number of aliphatic carboxylic acids is 1. The van der Waals surface area contributed by atoms with Crippen LogP contribution < -0.4 is 5.32 Å². The van der Waals surface area contributed by atoms with E-state index in [0.717, 1.165) is 42.4 Å². The Morgan fingerprint density at radius 1 is 1.09 bits per heavy atom. The molecule has 3 unspecified atom stereocenters. The third kappa shape index (κ3) is 7.00. The minimum Gasteiger partial charge on any atom is -0.481 e. The van der Waals surface area contributed by atoms with Crippen molar-refractivity contribution in [1.82, 2.24) is 10.3 Å². The summed E-state index contributed by atoms with van der Waals surface area (Å²) < 4.78 is 5.56. The summed E-state index contributed by atoms with van der Waals surface area (Å²) in [6.45, 7) is 6.92. The van der Waals surface area contributed by atoms with E-state index in [1.54, 1.807) is 0 Å². The van der Waals surface area contributed by atoms with Crippen LogP contribution in [0.25, 0.3) is 0 Å². The van der Waals surface area contributed by atoms with E-state index in [1.807, 2.05) is 66.7 Å². The molecular weight excluding hydrogens is 542 g/mol. The fourth-order valence-corrected chi connectivity index (χ4v) is 6.81. The van der Waals surface area contributed by atoms with E-state index in [0.29, 0.717) is 31.8 Å². The molecule has 0 saturated heterocycles. The van der Waals surface area contributed by atoms with Gasteiger partial charge in [0.15, 0.2) is 6.61 Å². The van der Waals surface area contributed by atoms with Gasteiger partial charge in [-0.3, -0.25) is 14.4 Å². The van der Waals surface area contributed by atoms with Gasteiger partial charge in [-0.2, -0.15) is 0 Å². The Morgan fingerprint density at radius 2 is 1.79 bits per heavy atom. The van der Waals surface area contributed by atoms with Gasteiger partial charge in [0.2, 0.25) is 11.8 Å². The van der Waals surface area contributed by atoms with Crippen molar-refractivity contribution in [2.45, 2.75) is 71.8 Å². The summed E-state index contributed by atoms with van der Waals surface area (Å²) in [6, 6.07) is 17.4. The molecular formula is C35H43N3O5. The number of carbonyl (C=O) groups is 3. The quantitative estimate of drug-likeness (QED) is 0.320. The molecule has 2 aromatic carbocycles. The van der Waals surface area contributed by atoms with Crippen LogP contribution in [-0.2, 0) is 25.7 Å². The third-order valence-electron chi connectivity index (χ3n) is 9.27. The number of carboxylic acids is 1. The van der Waals surface area contributed by atoms with Crippen molar-refractivity contribution in [2.24, 2.45) is 27.8 Å². The first-order chi connectivity index (χ1) is 20.6. The first kappa shape index (κ1) is 30.5. The van der Waals surface area contributed by atoms with Crippen molar-refractivity contribution in [1.29, 1.82) is 0 Å². The zero-order chi connectivity index (χ0) is 30.6. The zero-order valence-corrected chi connectivity index (χ0v) is 25.4. The van der Waals surface area contributed by atoms with Gasteiger partial charge in [-0.15, -0.1) is 5.10 Å². The van der Waals surface area contributed by atoms with Gasteiger partial charge in [0.05, 0.1) is 17.9 Å². The van der Waals surface area contributed by atoms with Crippen LogP contribution in [0.5, 0.6) is 0 Å². The van der Waals surface area contributed by atoms with Gasteiger partial charge in [0.25, 0.3) is 5.91 Å². The van der Waals surface area contributed by atoms with Crippen LogP contribution in [0.15, 0.2) is 71.9 Å². The molecule has 2 saturated carbocycles. The maximum Gasteiger partial charge on any atom is 0.310 e. The highest BCUT2D eigenvalue weighted by Gasteiger charge is 2.63. The zero-order valence-electron chi connectivity index (χ0n) is 25.4. The fraction of sp³-hybridized carbons (Fsp3) is 0.486. The van der Waals surface area contributed by atoms with Crippen LogP contribution in [-0.4, -0.2) is 46.9 Å². The molecule has 228 valence electrons. The molecule has 1 aliphatic heterocycles. The Labute approximate surface area is 254 Å². The number of hydrogen-bond acceptors (Lipinski definition) is 5. The largest absolute Gasteiger partial charge is 0.481 e. The number of benzene rings is 2. The molecule has 43 heavy (non-hydrogen) atoms. The number of carboxylic acid groups (broad SMARTS) is 1. The average Bonchev–Trinajstić information content (AvgIpc) is 3.53. The molecule has 0 bridgehead atoms. The van der Waals surface area contributed by atoms with Gasteiger partial charge in [0.1, 0.15) is 0 Å². The van der Waals surface area contributed by atoms with Crippen LogP contribution in [0.2, 0.25) is 0 Å². The molecule has 8 heteroatoms. The first-order valence-corrected chi connectivity index (χ1v) is 15.4. The molecule has 2 aliphatic carbocycles. The van der Waals surface area contributed by atoms with Crippen molar-refractivity contribution in [2.75, 3.05) is 13.2 Å². The van der Waals surface area contributed by atoms with Crippen molar-refractivity contribution in [3.63, 3.8) is 0 Å². The molecule has 8 nitrogen and oxygen atoms in total. The van der Waals surface area contributed by atoms with E-state index in [2.05, 4.69) is 31.2 Å². The number of carbonyl (C=O) groups excluding carboxylic acids is 2. The minimum absolute atomic E-state index is 0.00306. The van der Waals surface area contributed by atoms with E-state index in [9.17, 15) is 19.5 Å². The van der Waals surface area contributed by atoms with Crippen LogP contribution in [0, 0.1) is 22.7 Å². The predicted octanol–water partition coefficient (Wildman–Crippen LogP) is 5.88. The van der Waals surface area contributed by atoms with Crippen LogP contribution in [0.4, 0.5) is 0 Å². The van der Waals surface area contributed by atoms with E-state index < -0.39 is 11.4 Å². The van der Waals surface area contributed by atoms with E-state index in [1.165, 1.54) is 5.01 Å². The maximum atomic E-state index is 13.5. The molecule has 2 aromatic rings. The van der Waals surface area contributed by atoms with Crippen LogP contribution >= 0.6 is 0 Å². The Balaban J connectivity index is 1.21. The first-order valence-electron chi connectivity index (χ1n) is 15.4. The Bertz CT molecular complexity index is 1370. The van der Waals surface area contributed by atoms with Crippen LogP contribution in [0.3, 0.4) is 0 Å². The van der Waals surface area contributed by atoms with Gasteiger partial charge in [-0.25, -0.2) is 5.01 Å². The van der Waals surface area contributed by atoms with E-state index in [-0.39, 0.29) is 41.6 Å². The monoisotopic (exact) mass is 585 g/mol. The van der Waals surface area contributed by atoms with Gasteiger partial charge >= 0.3 is 5.97 Å². The van der Waals surface area contributed by atoms with Gasteiger partial charge in [0, 0.05) is 12.1 Å². The average molecular weight is 586 g/mol. The number of hydrazone groups is 1. The number of amides is 2. The molecule has 0 aromatic heterocycles. The lowest BCUT2D eigenvalue weighted by atomic mass is 9.83. The standard InChI is InChI=1S/C35H43N3O5/c1-34(2,3)28-21-35(28,33(41)42)19-9-10-20-36-31(40)30(25-11-7-8-12-25)26-17-15-24(16-18-26)22-38-29(39)23-43-32(37-38)27-13-5-4-6-14-27/h4-6,9-10,13-18,25,28,30H,7-8,11-12,19-23H2,1-3H3,(H,36,40)(H,41,42). The lowest BCUT2D eigenvalue weighted by Gasteiger charge is -2.25. The highest BCUT2D eigenvalue weighted by molar-refractivity contribution is 5.97. The molecule has 3 atom stereocenters. The number of rotatable bonds is 11. The van der Waals surface area contributed by atoms with Gasteiger partial charge in [-0.1, -0.05) is 88.2 Å². The second-order valence-corrected chi connectivity index (χ2v) is 13.3. The van der Waals surface area contributed by atoms with Crippen molar-refractivity contribution in [3.8, 4) is 0 Å². The highest BCUT2D eigenvalue weighted by Crippen LogP contribution is 2.63. The number of hydrogen-bond donors (Lipinski definition) is 2. The summed E-state index contributed by atoms with van der Waals surface area (Å²) >= 11 is 0. The summed E-state index contributed by atoms with van der Waals surface area (Å²) in [4.78, 5) is 38.0. The smallest absolute Gasteiger partial charge is 0.310 e. The topological polar surface area (TPSA) is 108 Å². The minimum atomic E-state index is -0.729. The Morgan fingerprint density at radius 3 is 2.42 bits per heavy atom. The Hall–Kier alpha value is -3.94. The molecule has 0 spiro atoms. The molecule has 2 fully saturated rings. The Kier molecular flexibility index (Phi) is 9.04. The number of allylic oxidation sites excluding steroid dienone is 1. The maximum absolute atomic E-state index is 13.5. The van der Waals surface area contributed by atoms with Crippen molar-refractivity contribution in [3.05, 3.63) is 83.4 Å². The van der Waals surface area contributed by atoms with E-state index >= 15 is 0 Å². The molecule has 2 amide bonds. The fourth-order valence-electron chi connectivity index (χ4n) is 6.81. The number of nitrogens with one attached hydrogen (secondary N) is 1. The SMILES string of the molecule is CC(C)(C)C1CC1(CC=CCNC(=O)C(c1ccc(CN2N=C(c3ccccc3)OCC2=O)cc1)C1CCCC1)C(=O)O. The summed E-state index contributed by atoms with van der Waals surface area (Å²) in [7, 11) is 0. The second-order valence-electron chi connectivity index (χ2n) is 13.3. The molecule has 0 radical (unpaired) electrons. The lowest BCUT2D eigenvalue weighted by molar-refractivity contribution is -0.144. The number of nitrogens with zero attached hydrogens (tertiary/aromatic N) is 2.